The van der Waals surface area contributed by atoms with Gasteiger partial charge in [-0.25, -0.2) is 4.79 Å². The number of nitrogens with zero attached hydrogens (tertiary/aromatic N) is 1. The summed E-state index contributed by atoms with van der Waals surface area (Å²) in [5, 5.41) is 2.53. The summed E-state index contributed by atoms with van der Waals surface area (Å²) >= 11 is 0. The summed E-state index contributed by atoms with van der Waals surface area (Å²) in [6.45, 7) is 5.72. The van der Waals surface area contributed by atoms with Crippen LogP contribution in [0.5, 0.6) is 0 Å². The van der Waals surface area contributed by atoms with Crippen molar-refractivity contribution in [1.82, 2.24) is 10.2 Å². The predicted octanol–water partition coefficient (Wildman–Crippen LogP) is 0.0691. The van der Waals surface area contributed by atoms with Gasteiger partial charge in [-0.1, -0.05) is 0 Å². The summed E-state index contributed by atoms with van der Waals surface area (Å²) in [4.78, 5) is 24.9. The second kappa shape index (κ2) is 4.91. The van der Waals surface area contributed by atoms with Crippen LogP contribution in [0, 0.1) is 0 Å². The molecule has 98 valence electrons. The minimum absolute atomic E-state index is 0.176. The lowest BCUT2D eigenvalue weighted by Crippen LogP contribution is -2.46. The van der Waals surface area contributed by atoms with E-state index in [0.717, 1.165) is 0 Å². The third-order valence-corrected chi connectivity index (χ3v) is 2.51. The van der Waals surface area contributed by atoms with Crippen LogP contribution in [0.4, 0.5) is 4.79 Å². The standard InChI is InChI=1S/C11H21N3O3/c1-11(2,3)17-10(16)14-6-7(12)5-8(14)9(15)13-4/h7-8H,5-6,12H2,1-4H3,(H,13,15)/t7-,8?/m1/s1. The first-order valence-electron chi connectivity index (χ1n) is 5.71. The summed E-state index contributed by atoms with van der Waals surface area (Å²) in [6, 6.07) is -0.699. The van der Waals surface area contributed by atoms with Gasteiger partial charge in [-0.05, 0) is 27.2 Å². The van der Waals surface area contributed by atoms with Gasteiger partial charge in [0.15, 0.2) is 0 Å². The molecular formula is C11H21N3O3. The van der Waals surface area contributed by atoms with Crippen molar-refractivity contribution in [3.05, 3.63) is 0 Å². The van der Waals surface area contributed by atoms with Gasteiger partial charge in [0.25, 0.3) is 0 Å². The van der Waals surface area contributed by atoms with Gasteiger partial charge in [-0.3, -0.25) is 9.69 Å². The zero-order valence-corrected chi connectivity index (χ0v) is 10.8. The van der Waals surface area contributed by atoms with Crippen LogP contribution >= 0.6 is 0 Å². The first kappa shape index (κ1) is 13.8. The maximum atomic E-state index is 11.9. The monoisotopic (exact) mass is 243 g/mol. The van der Waals surface area contributed by atoms with E-state index >= 15 is 0 Å². The number of hydrogen-bond acceptors (Lipinski definition) is 4. The van der Waals surface area contributed by atoms with Gasteiger partial charge >= 0.3 is 6.09 Å². The number of ether oxygens (including phenoxy) is 1. The third-order valence-electron chi connectivity index (χ3n) is 2.51. The maximum absolute atomic E-state index is 11.9. The molecule has 0 saturated carbocycles. The highest BCUT2D eigenvalue weighted by atomic mass is 16.6. The molecule has 2 amide bonds. The molecule has 0 aromatic heterocycles. The highest BCUT2D eigenvalue weighted by Gasteiger charge is 2.39. The number of likely N-dealkylation sites (N-methyl/N-ethyl adjacent to an activating group) is 1. The maximum Gasteiger partial charge on any atom is 0.411 e. The van der Waals surface area contributed by atoms with E-state index in [1.54, 1.807) is 27.8 Å². The molecule has 6 heteroatoms. The van der Waals surface area contributed by atoms with Crippen molar-refractivity contribution in [1.29, 1.82) is 0 Å². The van der Waals surface area contributed by atoms with Crippen LogP contribution in [0.3, 0.4) is 0 Å². The Morgan fingerprint density at radius 1 is 1.41 bits per heavy atom. The normalized spacial score (nSPS) is 24.6. The summed E-state index contributed by atoms with van der Waals surface area (Å²) in [5.41, 5.74) is 5.21. The molecule has 1 fully saturated rings. The third kappa shape index (κ3) is 3.59. The van der Waals surface area contributed by atoms with Crippen molar-refractivity contribution in [2.45, 2.75) is 44.9 Å². The fraction of sp³-hybridized carbons (Fsp3) is 0.818. The van der Waals surface area contributed by atoms with Crippen molar-refractivity contribution >= 4 is 12.0 Å². The second-order valence-corrected chi connectivity index (χ2v) is 5.26. The first-order chi connectivity index (χ1) is 7.74. The van der Waals surface area contributed by atoms with Crippen molar-refractivity contribution in [3.8, 4) is 0 Å². The van der Waals surface area contributed by atoms with Crippen LogP contribution in [0.1, 0.15) is 27.2 Å². The van der Waals surface area contributed by atoms with Crippen LogP contribution in [-0.2, 0) is 9.53 Å². The number of carbonyl (C=O) groups is 2. The van der Waals surface area contributed by atoms with E-state index in [-0.39, 0.29) is 11.9 Å². The molecule has 2 atom stereocenters. The highest BCUT2D eigenvalue weighted by molar-refractivity contribution is 5.86. The lowest BCUT2D eigenvalue weighted by atomic mass is 10.1. The number of nitrogens with one attached hydrogen (secondary N) is 1. The Hall–Kier alpha value is -1.30. The number of nitrogens with two attached hydrogens (primary N) is 1. The second-order valence-electron chi connectivity index (χ2n) is 5.26. The molecule has 1 heterocycles. The van der Waals surface area contributed by atoms with Gasteiger partial charge < -0.3 is 15.8 Å². The van der Waals surface area contributed by atoms with Gasteiger partial charge in [-0.2, -0.15) is 0 Å². The number of hydrogen-bond donors (Lipinski definition) is 2. The average molecular weight is 243 g/mol. The van der Waals surface area contributed by atoms with Crippen LogP contribution in [-0.4, -0.2) is 48.2 Å². The largest absolute Gasteiger partial charge is 0.444 e. The van der Waals surface area contributed by atoms with E-state index in [1.165, 1.54) is 4.90 Å². The van der Waals surface area contributed by atoms with E-state index in [2.05, 4.69) is 5.32 Å². The Balaban J connectivity index is 2.73. The number of amides is 2. The van der Waals surface area contributed by atoms with Crippen LogP contribution in [0.15, 0.2) is 0 Å². The molecule has 1 aliphatic heterocycles. The van der Waals surface area contributed by atoms with E-state index in [4.69, 9.17) is 10.5 Å². The minimum atomic E-state index is -0.572. The number of likely N-dealkylation sites (tertiary alicyclic amines) is 1. The molecule has 0 spiro atoms. The molecule has 1 saturated heterocycles. The molecule has 0 aromatic rings. The molecule has 1 rings (SSSR count). The smallest absolute Gasteiger partial charge is 0.411 e. The zero-order chi connectivity index (χ0) is 13.2. The van der Waals surface area contributed by atoms with E-state index in [1.807, 2.05) is 0 Å². The minimum Gasteiger partial charge on any atom is -0.444 e. The number of rotatable bonds is 1. The molecular weight excluding hydrogens is 222 g/mol. The van der Waals surface area contributed by atoms with Crippen LogP contribution < -0.4 is 11.1 Å². The number of carbonyl (C=O) groups excluding carboxylic acids is 2. The lowest BCUT2D eigenvalue weighted by molar-refractivity contribution is -0.124. The summed E-state index contributed by atoms with van der Waals surface area (Å²) in [6.07, 6.45) is -0.0158. The molecule has 17 heavy (non-hydrogen) atoms. The highest BCUT2D eigenvalue weighted by Crippen LogP contribution is 2.20. The van der Waals surface area contributed by atoms with Crippen molar-refractivity contribution in [3.63, 3.8) is 0 Å². The summed E-state index contributed by atoms with van der Waals surface area (Å²) in [5.74, 6) is -0.205. The molecule has 0 radical (unpaired) electrons. The Morgan fingerprint density at radius 3 is 2.47 bits per heavy atom. The zero-order valence-electron chi connectivity index (χ0n) is 10.8. The van der Waals surface area contributed by atoms with Gasteiger partial charge in [0, 0.05) is 19.6 Å². The van der Waals surface area contributed by atoms with E-state index < -0.39 is 17.7 Å². The first-order valence-corrected chi connectivity index (χ1v) is 5.71. The van der Waals surface area contributed by atoms with Gasteiger partial charge in [-0.15, -0.1) is 0 Å². The van der Waals surface area contributed by atoms with E-state index in [0.29, 0.717) is 13.0 Å². The van der Waals surface area contributed by atoms with Crippen molar-refractivity contribution in [2.75, 3.05) is 13.6 Å². The SMILES string of the molecule is CNC(=O)C1C[C@@H](N)CN1C(=O)OC(C)(C)C. The molecule has 3 N–H and O–H groups in total. The van der Waals surface area contributed by atoms with Gasteiger partial charge in [0.1, 0.15) is 11.6 Å². The predicted molar refractivity (Wildman–Crippen MR) is 63.4 cm³/mol. The Kier molecular flexibility index (Phi) is 3.98. The average Bonchev–Trinajstić information content (AvgIpc) is 2.56. The molecule has 1 unspecified atom stereocenters. The molecule has 0 aliphatic carbocycles. The molecule has 0 aromatic carbocycles. The molecule has 0 bridgehead atoms. The Labute approximate surface area is 101 Å². The topological polar surface area (TPSA) is 84.7 Å². The quantitative estimate of drug-likeness (QED) is 0.682. The van der Waals surface area contributed by atoms with E-state index in [9.17, 15) is 9.59 Å². The fourth-order valence-electron chi connectivity index (χ4n) is 1.81. The van der Waals surface area contributed by atoms with Gasteiger partial charge in [0.2, 0.25) is 5.91 Å². The fourth-order valence-corrected chi connectivity index (χ4v) is 1.81. The van der Waals surface area contributed by atoms with Crippen molar-refractivity contribution < 1.29 is 14.3 Å². The molecule has 1 aliphatic rings. The Morgan fingerprint density at radius 2 is 2.00 bits per heavy atom. The van der Waals surface area contributed by atoms with Crippen LogP contribution in [0.25, 0.3) is 0 Å². The lowest BCUT2D eigenvalue weighted by Gasteiger charge is -2.27. The molecule has 6 nitrogen and oxygen atoms in total. The summed E-state index contributed by atoms with van der Waals surface area (Å²) in [7, 11) is 1.54. The Bertz CT molecular complexity index is 312. The van der Waals surface area contributed by atoms with Crippen molar-refractivity contribution in [2.24, 2.45) is 5.73 Å². The van der Waals surface area contributed by atoms with Crippen LogP contribution in [0.2, 0.25) is 0 Å². The van der Waals surface area contributed by atoms with Gasteiger partial charge in [0.05, 0.1) is 0 Å². The summed E-state index contributed by atoms with van der Waals surface area (Å²) < 4.78 is 5.25.